The van der Waals surface area contributed by atoms with Gasteiger partial charge in [-0.1, -0.05) is 41.9 Å². The van der Waals surface area contributed by atoms with Crippen molar-refractivity contribution < 1.29 is 4.74 Å². The third-order valence-electron chi connectivity index (χ3n) is 4.26. The maximum Gasteiger partial charge on any atom is 0.282 e. The normalized spacial score (nSPS) is 11.3. The maximum absolute atomic E-state index is 13.1. The summed E-state index contributed by atoms with van der Waals surface area (Å²) in [6.45, 7) is 6.19. The van der Waals surface area contributed by atoms with Crippen LogP contribution in [0.1, 0.15) is 31.2 Å². The van der Waals surface area contributed by atoms with Crippen molar-refractivity contribution in [1.29, 1.82) is 0 Å². The van der Waals surface area contributed by atoms with E-state index in [-0.39, 0.29) is 5.56 Å². The van der Waals surface area contributed by atoms with Crippen LogP contribution in [0.3, 0.4) is 0 Å². The number of benzene rings is 2. The maximum atomic E-state index is 13.1. The highest BCUT2D eigenvalue weighted by Crippen LogP contribution is 2.25. The highest BCUT2D eigenvalue weighted by Gasteiger charge is 2.11. The summed E-state index contributed by atoms with van der Waals surface area (Å²) in [6, 6.07) is 11.1. The quantitative estimate of drug-likeness (QED) is 0.283. The largest absolute Gasteiger partial charge is 0.488 e. The predicted octanol–water partition coefficient (Wildman–Crippen LogP) is 5.71. The van der Waals surface area contributed by atoms with E-state index >= 15 is 0 Å². The average molecular weight is 519 g/mol. The van der Waals surface area contributed by atoms with Gasteiger partial charge in [0.15, 0.2) is 0 Å². The molecule has 2 aromatic carbocycles. The summed E-state index contributed by atoms with van der Waals surface area (Å²) in [5.41, 5.74) is 1.34. The Hall–Kier alpha value is -2.25. The molecule has 3 aromatic rings. The zero-order chi connectivity index (χ0) is 20.8. The Morgan fingerprint density at radius 2 is 2.07 bits per heavy atom. The van der Waals surface area contributed by atoms with Crippen molar-refractivity contribution in [2.75, 3.05) is 6.61 Å². The van der Waals surface area contributed by atoms with E-state index in [2.05, 4.69) is 55.4 Å². The molecule has 7 heteroatoms. The first-order valence-electron chi connectivity index (χ1n) is 9.32. The molecule has 3 rings (SSSR count). The Morgan fingerprint density at radius 1 is 1.24 bits per heavy atom. The number of unbranched alkanes of at least 4 members (excludes halogenated alkanes) is 1. The molecule has 1 aromatic heterocycles. The van der Waals surface area contributed by atoms with Gasteiger partial charge in [-0.05, 0) is 64.3 Å². The second-order valence-corrected chi connectivity index (χ2v) is 8.21. The smallest absolute Gasteiger partial charge is 0.282 e. The molecular formula is C22H21Br2N3O2. The van der Waals surface area contributed by atoms with Gasteiger partial charge in [-0.25, -0.2) is 4.98 Å². The number of ether oxygens (including phenoxy) is 1. The second-order valence-electron chi connectivity index (χ2n) is 6.44. The van der Waals surface area contributed by atoms with Gasteiger partial charge in [0.1, 0.15) is 18.2 Å². The molecular weight excluding hydrogens is 498 g/mol. The van der Waals surface area contributed by atoms with Crippen molar-refractivity contribution in [1.82, 2.24) is 9.66 Å². The highest BCUT2D eigenvalue weighted by molar-refractivity contribution is 9.10. The Bertz CT molecular complexity index is 1120. The van der Waals surface area contributed by atoms with Gasteiger partial charge in [0.2, 0.25) is 0 Å². The van der Waals surface area contributed by atoms with Crippen LogP contribution in [0.25, 0.3) is 10.9 Å². The minimum Gasteiger partial charge on any atom is -0.488 e. The molecule has 0 N–H and O–H groups in total. The molecule has 0 unspecified atom stereocenters. The van der Waals surface area contributed by atoms with Crippen molar-refractivity contribution in [3.63, 3.8) is 0 Å². The van der Waals surface area contributed by atoms with Crippen molar-refractivity contribution in [3.8, 4) is 5.75 Å². The summed E-state index contributed by atoms with van der Waals surface area (Å²) in [7, 11) is 0. The number of aromatic nitrogens is 2. The van der Waals surface area contributed by atoms with E-state index < -0.39 is 0 Å². The second kappa shape index (κ2) is 9.98. The number of hydrogen-bond acceptors (Lipinski definition) is 4. The fourth-order valence-corrected chi connectivity index (χ4v) is 3.67. The molecule has 5 nitrogen and oxygen atoms in total. The highest BCUT2D eigenvalue weighted by atomic mass is 79.9. The van der Waals surface area contributed by atoms with Gasteiger partial charge in [-0.3, -0.25) is 4.79 Å². The van der Waals surface area contributed by atoms with E-state index in [9.17, 15) is 4.79 Å². The van der Waals surface area contributed by atoms with Gasteiger partial charge in [0, 0.05) is 10.9 Å². The topological polar surface area (TPSA) is 56.5 Å². The summed E-state index contributed by atoms with van der Waals surface area (Å²) in [5, 5.41) is 5.00. The lowest BCUT2D eigenvalue weighted by Gasteiger charge is -2.09. The first-order chi connectivity index (χ1) is 14.0. The summed E-state index contributed by atoms with van der Waals surface area (Å²) in [5.74, 6) is 1.38. The van der Waals surface area contributed by atoms with Crippen molar-refractivity contribution in [2.24, 2.45) is 5.10 Å². The van der Waals surface area contributed by atoms with Crippen molar-refractivity contribution in [3.05, 3.63) is 79.7 Å². The van der Waals surface area contributed by atoms with Crippen LogP contribution in [0.4, 0.5) is 0 Å². The van der Waals surface area contributed by atoms with Crippen LogP contribution >= 0.6 is 31.9 Å². The van der Waals surface area contributed by atoms with E-state index in [1.807, 2.05) is 30.3 Å². The Morgan fingerprint density at radius 3 is 2.79 bits per heavy atom. The van der Waals surface area contributed by atoms with Crippen LogP contribution < -0.4 is 10.3 Å². The molecule has 0 aliphatic rings. The fraction of sp³-hybridized carbons (Fsp3) is 0.227. The molecule has 0 spiro atoms. The summed E-state index contributed by atoms with van der Waals surface area (Å²) in [4.78, 5) is 17.8. The van der Waals surface area contributed by atoms with Crippen molar-refractivity contribution >= 4 is 49.0 Å². The van der Waals surface area contributed by atoms with Crippen LogP contribution in [0, 0.1) is 0 Å². The van der Waals surface area contributed by atoms with Crippen LogP contribution in [-0.2, 0) is 6.42 Å². The molecule has 0 fully saturated rings. The Labute approximate surface area is 186 Å². The molecule has 29 heavy (non-hydrogen) atoms. The molecule has 0 aliphatic carbocycles. The first-order valence-corrected chi connectivity index (χ1v) is 10.9. The molecule has 0 amide bonds. The van der Waals surface area contributed by atoms with E-state index in [0.717, 1.165) is 33.1 Å². The zero-order valence-electron chi connectivity index (χ0n) is 16.1. The first kappa shape index (κ1) is 21.5. The van der Waals surface area contributed by atoms with Gasteiger partial charge in [0.25, 0.3) is 5.56 Å². The minimum absolute atomic E-state index is 0.177. The zero-order valence-corrected chi connectivity index (χ0v) is 19.2. The van der Waals surface area contributed by atoms with Crippen LogP contribution in [0.2, 0.25) is 0 Å². The molecule has 0 saturated heterocycles. The van der Waals surface area contributed by atoms with E-state index in [4.69, 9.17) is 4.74 Å². The van der Waals surface area contributed by atoms with Crippen LogP contribution in [0.15, 0.2) is 67.9 Å². The summed E-state index contributed by atoms with van der Waals surface area (Å²) < 4.78 is 8.61. The lowest BCUT2D eigenvalue weighted by Crippen LogP contribution is -2.22. The lowest BCUT2D eigenvalue weighted by atomic mass is 10.2. The summed E-state index contributed by atoms with van der Waals surface area (Å²) >= 11 is 6.92. The number of rotatable bonds is 8. The van der Waals surface area contributed by atoms with Gasteiger partial charge in [0.05, 0.1) is 21.6 Å². The standard InChI is InChI=1S/C22H21Br2N3O2/c1-3-5-6-21-26-19-9-8-16(23)13-17(19)22(28)27(21)25-14-15-7-10-20(18(24)12-15)29-11-4-2/h4,7-10,12-14H,2-3,5-6,11H2,1H3. The molecule has 1 heterocycles. The average Bonchev–Trinajstić information content (AvgIpc) is 2.71. The van der Waals surface area contributed by atoms with Gasteiger partial charge in [-0.2, -0.15) is 9.78 Å². The molecule has 0 saturated carbocycles. The lowest BCUT2D eigenvalue weighted by molar-refractivity contribution is 0.361. The molecule has 0 atom stereocenters. The SMILES string of the molecule is C=CCOc1ccc(C=Nn2c(CCCC)nc3ccc(Br)cc3c2=O)cc1Br. The number of hydrogen-bond donors (Lipinski definition) is 0. The molecule has 0 bridgehead atoms. The van der Waals surface area contributed by atoms with Gasteiger partial charge in [-0.15, -0.1) is 0 Å². The van der Waals surface area contributed by atoms with Crippen LogP contribution in [-0.4, -0.2) is 22.5 Å². The fourth-order valence-electron chi connectivity index (χ4n) is 2.80. The number of fused-ring (bicyclic) bond motifs is 1. The molecule has 150 valence electrons. The van der Waals surface area contributed by atoms with Crippen molar-refractivity contribution in [2.45, 2.75) is 26.2 Å². The number of nitrogens with zero attached hydrogens (tertiary/aromatic N) is 3. The number of aryl methyl sites for hydroxylation is 1. The van der Waals surface area contributed by atoms with E-state index in [1.54, 1.807) is 18.4 Å². The Kier molecular flexibility index (Phi) is 7.39. The molecule has 0 aliphatic heterocycles. The number of halogens is 2. The monoisotopic (exact) mass is 517 g/mol. The van der Waals surface area contributed by atoms with Gasteiger partial charge < -0.3 is 4.74 Å². The van der Waals surface area contributed by atoms with Crippen LogP contribution in [0.5, 0.6) is 5.75 Å². The Balaban J connectivity index is 2.01. The van der Waals surface area contributed by atoms with Gasteiger partial charge >= 0.3 is 0 Å². The van der Waals surface area contributed by atoms with E-state index in [0.29, 0.717) is 29.8 Å². The predicted molar refractivity (Wildman–Crippen MR) is 125 cm³/mol. The summed E-state index contributed by atoms with van der Waals surface area (Å²) in [6.07, 6.45) is 5.98. The third kappa shape index (κ3) is 5.22. The minimum atomic E-state index is -0.177. The molecule has 0 radical (unpaired) electrons. The third-order valence-corrected chi connectivity index (χ3v) is 5.38. The van der Waals surface area contributed by atoms with E-state index in [1.165, 1.54) is 4.68 Å².